The second kappa shape index (κ2) is 7.31. The largest absolute Gasteiger partial charge is 0.378 e. The number of fused-ring (bicyclic) bond motifs is 1. The van der Waals surface area contributed by atoms with Crippen LogP contribution in [-0.4, -0.2) is 42.4 Å². The fourth-order valence-electron chi connectivity index (χ4n) is 2.86. The highest BCUT2D eigenvalue weighted by Crippen LogP contribution is 2.17. The molecule has 4 aromatic rings. The van der Waals surface area contributed by atoms with Crippen molar-refractivity contribution in [2.75, 3.05) is 5.73 Å². The van der Waals surface area contributed by atoms with Crippen molar-refractivity contribution in [2.45, 2.75) is 19.8 Å². The first-order chi connectivity index (χ1) is 13.7. The first kappa shape index (κ1) is 17.4. The molecule has 0 radical (unpaired) electrons. The number of nitrogens with two attached hydrogens (primary N) is 1. The molecule has 0 aliphatic rings. The number of rotatable bonds is 6. The Labute approximate surface area is 158 Å². The average Bonchev–Trinajstić information content (AvgIpc) is 3.41. The molecule has 28 heavy (non-hydrogen) atoms. The van der Waals surface area contributed by atoms with E-state index in [9.17, 15) is 4.79 Å². The Bertz CT molecular complexity index is 1150. The Morgan fingerprint density at radius 3 is 3.04 bits per heavy atom. The monoisotopic (exact) mass is 379 g/mol. The lowest BCUT2D eigenvalue weighted by molar-refractivity contribution is 0.0949. The molecule has 4 rings (SSSR count). The third-order valence-electron chi connectivity index (χ3n) is 4.15. The molecule has 1 aromatic carbocycles. The number of carbonyl (C=O) groups excluding carboxylic acids is 1. The number of hydrogen-bond acceptors (Lipinski definition) is 8. The summed E-state index contributed by atoms with van der Waals surface area (Å²) in [4.78, 5) is 15.7. The maximum absolute atomic E-state index is 12.6. The van der Waals surface area contributed by atoms with Gasteiger partial charge in [0, 0.05) is 22.7 Å². The number of benzene rings is 1. The summed E-state index contributed by atoms with van der Waals surface area (Å²) in [5.74, 6) is -0.232. The lowest BCUT2D eigenvalue weighted by Gasteiger charge is -2.03. The van der Waals surface area contributed by atoms with Gasteiger partial charge in [0.15, 0.2) is 5.69 Å². The average molecular weight is 379 g/mol. The molecule has 0 aliphatic carbocycles. The maximum Gasteiger partial charge on any atom is 0.293 e. The van der Waals surface area contributed by atoms with E-state index in [0.717, 1.165) is 22.9 Å². The van der Waals surface area contributed by atoms with Gasteiger partial charge in [0.05, 0.1) is 11.9 Å². The summed E-state index contributed by atoms with van der Waals surface area (Å²) in [5, 5.41) is 20.2. The van der Waals surface area contributed by atoms with Crippen LogP contribution in [0, 0.1) is 0 Å². The van der Waals surface area contributed by atoms with Crippen LogP contribution in [0.2, 0.25) is 0 Å². The van der Waals surface area contributed by atoms with E-state index in [1.54, 1.807) is 6.21 Å². The van der Waals surface area contributed by atoms with Crippen LogP contribution in [0.4, 0.5) is 5.82 Å². The van der Waals surface area contributed by atoms with E-state index in [-0.39, 0.29) is 17.3 Å². The summed E-state index contributed by atoms with van der Waals surface area (Å²) < 4.78 is 5.96. The number of aromatic nitrogens is 6. The number of amides is 1. The number of nitrogens with one attached hydrogen (secondary N) is 2. The topological polar surface area (TPSA) is 153 Å². The lowest BCUT2D eigenvalue weighted by Crippen LogP contribution is -2.20. The van der Waals surface area contributed by atoms with Crippen molar-refractivity contribution in [3.63, 3.8) is 0 Å². The number of aromatic amines is 1. The molecule has 142 valence electrons. The molecule has 0 aliphatic heterocycles. The molecule has 11 heteroatoms. The van der Waals surface area contributed by atoms with E-state index in [2.05, 4.69) is 40.8 Å². The third kappa shape index (κ3) is 3.09. The van der Waals surface area contributed by atoms with Gasteiger partial charge in [0.2, 0.25) is 11.6 Å². The van der Waals surface area contributed by atoms with Gasteiger partial charge < -0.3 is 10.7 Å². The zero-order valence-electron chi connectivity index (χ0n) is 15.0. The summed E-state index contributed by atoms with van der Waals surface area (Å²) in [6, 6.07) is 7.81. The summed E-state index contributed by atoms with van der Waals surface area (Å²) >= 11 is 0. The van der Waals surface area contributed by atoms with Crippen molar-refractivity contribution in [3.8, 4) is 5.82 Å². The van der Waals surface area contributed by atoms with E-state index >= 15 is 0 Å². The van der Waals surface area contributed by atoms with Crippen molar-refractivity contribution >= 4 is 28.8 Å². The van der Waals surface area contributed by atoms with Gasteiger partial charge in [0.25, 0.3) is 5.91 Å². The summed E-state index contributed by atoms with van der Waals surface area (Å²) in [7, 11) is 0. The van der Waals surface area contributed by atoms with Gasteiger partial charge >= 0.3 is 0 Å². The van der Waals surface area contributed by atoms with E-state index in [1.807, 2.05) is 37.4 Å². The molecule has 4 N–H and O–H groups in total. The molecule has 0 unspecified atom stereocenters. The van der Waals surface area contributed by atoms with Crippen LogP contribution in [0.25, 0.3) is 16.7 Å². The van der Waals surface area contributed by atoms with Gasteiger partial charge in [-0.1, -0.05) is 36.8 Å². The highest BCUT2D eigenvalue weighted by Gasteiger charge is 2.23. The smallest absolute Gasteiger partial charge is 0.293 e. The number of hydrogen-bond donors (Lipinski definition) is 3. The molecule has 0 spiro atoms. The fourth-order valence-corrected chi connectivity index (χ4v) is 2.86. The summed E-state index contributed by atoms with van der Waals surface area (Å²) in [6.07, 6.45) is 4.69. The molecule has 0 bridgehead atoms. The molecule has 3 heterocycles. The van der Waals surface area contributed by atoms with Crippen LogP contribution in [-0.2, 0) is 6.42 Å². The molecular formula is C17H17N9O2. The van der Waals surface area contributed by atoms with Gasteiger partial charge in [0.1, 0.15) is 0 Å². The van der Waals surface area contributed by atoms with E-state index in [4.69, 9.17) is 5.73 Å². The lowest BCUT2D eigenvalue weighted by atomic mass is 10.2. The number of para-hydroxylation sites is 1. The highest BCUT2D eigenvalue weighted by molar-refractivity contribution is 6.00. The first-order valence-corrected chi connectivity index (χ1v) is 8.61. The molecule has 0 fully saturated rings. The molecule has 1 amide bonds. The maximum atomic E-state index is 12.6. The Morgan fingerprint density at radius 1 is 1.39 bits per heavy atom. The molecule has 0 saturated carbocycles. The van der Waals surface area contributed by atoms with Crippen LogP contribution >= 0.6 is 0 Å². The zero-order chi connectivity index (χ0) is 19.5. The van der Waals surface area contributed by atoms with Crippen molar-refractivity contribution in [1.29, 1.82) is 0 Å². The Kier molecular flexibility index (Phi) is 4.54. The highest BCUT2D eigenvalue weighted by atomic mass is 16.6. The molecule has 0 atom stereocenters. The van der Waals surface area contributed by atoms with Crippen LogP contribution in [0.5, 0.6) is 0 Å². The van der Waals surface area contributed by atoms with Gasteiger partial charge in [-0.05, 0) is 22.8 Å². The number of carbonyl (C=O) groups is 1. The predicted octanol–water partition coefficient (Wildman–Crippen LogP) is 1.43. The third-order valence-corrected chi connectivity index (χ3v) is 4.15. The number of nitrogen functional groups attached to an aromatic ring is 1. The van der Waals surface area contributed by atoms with Gasteiger partial charge in [-0.25, -0.2) is 10.1 Å². The fraction of sp³-hybridized carbons (Fsp3) is 0.176. The zero-order valence-corrected chi connectivity index (χ0v) is 15.0. The molecule has 0 saturated heterocycles. The normalized spacial score (nSPS) is 11.5. The van der Waals surface area contributed by atoms with Crippen molar-refractivity contribution in [1.82, 2.24) is 35.7 Å². The molecule has 11 nitrogen and oxygen atoms in total. The van der Waals surface area contributed by atoms with Crippen molar-refractivity contribution in [3.05, 3.63) is 47.4 Å². The van der Waals surface area contributed by atoms with Crippen molar-refractivity contribution in [2.24, 2.45) is 5.10 Å². The predicted molar refractivity (Wildman–Crippen MR) is 101 cm³/mol. The van der Waals surface area contributed by atoms with Gasteiger partial charge in [-0.3, -0.25) is 4.79 Å². The summed E-state index contributed by atoms with van der Waals surface area (Å²) in [5.41, 5.74) is 10.7. The van der Waals surface area contributed by atoms with E-state index in [1.165, 1.54) is 4.68 Å². The van der Waals surface area contributed by atoms with Crippen LogP contribution in [0.15, 0.2) is 40.2 Å². The van der Waals surface area contributed by atoms with Gasteiger partial charge in [-0.2, -0.15) is 9.78 Å². The van der Waals surface area contributed by atoms with Crippen LogP contribution < -0.4 is 11.2 Å². The Hall–Kier alpha value is -4.02. The number of nitrogens with zero attached hydrogens (tertiary/aromatic N) is 6. The first-order valence-electron chi connectivity index (χ1n) is 8.61. The standard InChI is InChI=1S/C17H17N9O2/c1-2-5-13-14(21-25-26(13)16-15(18)23-28-24-16)17(27)22-20-9-10-8-19-12-7-4-3-6-11(10)12/h3-4,6-9,19H,2,5H2,1H3,(H2,18,23)(H,22,27)/b20-9+. The summed E-state index contributed by atoms with van der Waals surface area (Å²) in [6.45, 7) is 1.97. The molecular weight excluding hydrogens is 362 g/mol. The second-order valence-corrected chi connectivity index (χ2v) is 6.01. The SMILES string of the molecule is CCCc1c(C(=O)N/N=C/c2c[nH]c3ccccc23)nnn1-c1nonc1N. The van der Waals surface area contributed by atoms with E-state index in [0.29, 0.717) is 12.1 Å². The van der Waals surface area contributed by atoms with Gasteiger partial charge in [-0.15, -0.1) is 5.10 Å². The van der Waals surface area contributed by atoms with Crippen molar-refractivity contribution < 1.29 is 9.42 Å². The second-order valence-electron chi connectivity index (χ2n) is 6.01. The minimum atomic E-state index is -0.485. The van der Waals surface area contributed by atoms with Crippen LogP contribution in [0.1, 0.15) is 35.1 Å². The Morgan fingerprint density at radius 2 is 2.25 bits per heavy atom. The molecule has 3 aromatic heterocycles. The Balaban J connectivity index is 1.56. The number of hydrazone groups is 1. The minimum absolute atomic E-state index is 0.0616. The quantitative estimate of drug-likeness (QED) is 0.338. The van der Waals surface area contributed by atoms with E-state index < -0.39 is 5.91 Å². The minimum Gasteiger partial charge on any atom is -0.378 e. The number of H-pyrrole nitrogens is 1. The van der Waals surface area contributed by atoms with Crippen LogP contribution in [0.3, 0.4) is 0 Å². The number of anilines is 1.